The predicted octanol–water partition coefficient (Wildman–Crippen LogP) is 1.43. The van der Waals surface area contributed by atoms with Crippen LogP contribution in [0.2, 0.25) is 0 Å². The first-order valence-electron chi connectivity index (χ1n) is 7.25. The van der Waals surface area contributed by atoms with Crippen LogP contribution in [0.15, 0.2) is 6.20 Å². The van der Waals surface area contributed by atoms with Crippen molar-refractivity contribution in [3.63, 3.8) is 0 Å². The molecule has 1 saturated heterocycles. The van der Waals surface area contributed by atoms with Crippen molar-refractivity contribution in [1.82, 2.24) is 14.9 Å². The van der Waals surface area contributed by atoms with Gasteiger partial charge in [-0.3, -0.25) is 9.69 Å². The molecule has 2 N–H and O–H groups in total. The SMILES string of the molecule is CCCCc1ncc(CN2CCOC[C@H]2CC(=O)O)[nH]1. The number of carboxylic acids is 1. The summed E-state index contributed by atoms with van der Waals surface area (Å²) in [5, 5.41) is 8.95. The fourth-order valence-corrected chi connectivity index (χ4v) is 2.46. The first-order chi connectivity index (χ1) is 9.69. The number of unbranched alkanes of at least 4 members (excludes halogenated alkanes) is 1. The number of morpholine rings is 1. The minimum absolute atomic E-state index is 0.0522. The Kier molecular flexibility index (Phi) is 5.55. The molecular formula is C14H23N3O3. The Hall–Kier alpha value is -1.40. The molecule has 1 aliphatic rings. The molecule has 0 saturated carbocycles. The average molecular weight is 281 g/mol. The minimum atomic E-state index is -0.779. The molecule has 1 atom stereocenters. The smallest absolute Gasteiger partial charge is 0.305 e. The number of rotatable bonds is 7. The number of aliphatic carboxylic acids is 1. The van der Waals surface area contributed by atoms with Crippen LogP contribution in [0.25, 0.3) is 0 Å². The Morgan fingerprint density at radius 3 is 3.25 bits per heavy atom. The third-order valence-electron chi connectivity index (χ3n) is 3.58. The summed E-state index contributed by atoms with van der Waals surface area (Å²) in [6.07, 6.45) is 5.24. The Morgan fingerprint density at radius 2 is 2.50 bits per heavy atom. The summed E-state index contributed by atoms with van der Waals surface area (Å²) in [6, 6.07) is -0.0522. The second-order valence-corrected chi connectivity index (χ2v) is 5.26. The molecule has 1 fully saturated rings. The average Bonchev–Trinajstić information content (AvgIpc) is 2.86. The van der Waals surface area contributed by atoms with E-state index in [1.807, 2.05) is 6.20 Å². The molecule has 0 amide bonds. The quantitative estimate of drug-likeness (QED) is 0.790. The first kappa shape index (κ1) is 15.0. The number of aryl methyl sites for hydroxylation is 1. The van der Waals surface area contributed by atoms with Gasteiger partial charge in [0.1, 0.15) is 5.82 Å². The van der Waals surface area contributed by atoms with Gasteiger partial charge in [-0.15, -0.1) is 0 Å². The standard InChI is InChI=1S/C14H23N3O3/c1-2-3-4-13-15-8-11(16-13)9-17-5-6-20-10-12(17)7-14(18)19/h8,12H,2-7,9-10H2,1H3,(H,15,16)(H,18,19)/t12-/m1/s1. The molecule has 20 heavy (non-hydrogen) atoms. The number of carboxylic acid groups (broad SMARTS) is 1. The molecule has 1 aliphatic heterocycles. The van der Waals surface area contributed by atoms with E-state index >= 15 is 0 Å². The van der Waals surface area contributed by atoms with Gasteiger partial charge < -0.3 is 14.8 Å². The number of nitrogens with one attached hydrogen (secondary N) is 1. The number of aromatic nitrogens is 2. The zero-order valence-corrected chi connectivity index (χ0v) is 12.0. The summed E-state index contributed by atoms with van der Waals surface area (Å²) >= 11 is 0. The summed E-state index contributed by atoms with van der Waals surface area (Å²) in [5.41, 5.74) is 1.05. The molecule has 6 nitrogen and oxygen atoms in total. The molecule has 2 rings (SSSR count). The zero-order chi connectivity index (χ0) is 14.4. The maximum atomic E-state index is 10.9. The van der Waals surface area contributed by atoms with Gasteiger partial charge in [-0.25, -0.2) is 4.98 Å². The highest BCUT2D eigenvalue weighted by molar-refractivity contribution is 5.67. The fraction of sp³-hybridized carbons (Fsp3) is 0.714. The lowest BCUT2D eigenvalue weighted by Gasteiger charge is -2.34. The van der Waals surface area contributed by atoms with E-state index in [0.29, 0.717) is 19.8 Å². The van der Waals surface area contributed by atoms with Crippen molar-refractivity contribution in [1.29, 1.82) is 0 Å². The van der Waals surface area contributed by atoms with Crippen molar-refractivity contribution in [3.05, 3.63) is 17.7 Å². The van der Waals surface area contributed by atoms with Crippen LogP contribution in [0.4, 0.5) is 0 Å². The fourth-order valence-electron chi connectivity index (χ4n) is 2.46. The largest absolute Gasteiger partial charge is 0.481 e. The van der Waals surface area contributed by atoms with Crippen molar-refractivity contribution in [2.45, 2.75) is 45.2 Å². The van der Waals surface area contributed by atoms with E-state index in [4.69, 9.17) is 9.84 Å². The highest BCUT2D eigenvalue weighted by atomic mass is 16.5. The summed E-state index contributed by atoms with van der Waals surface area (Å²) in [7, 11) is 0. The highest BCUT2D eigenvalue weighted by Gasteiger charge is 2.25. The Labute approximate surface area is 119 Å². The van der Waals surface area contributed by atoms with Crippen LogP contribution in [0.3, 0.4) is 0 Å². The molecular weight excluding hydrogens is 258 g/mol. The van der Waals surface area contributed by atoms with E-state index < -0.39 is 5.97 Å². The maximum absolute atomic E-state index is 10.9. The van der Waals surface area contributed by atoms with Crippen LogP contribution in [-0.4, -0.2) is 51.7 Å². The molecule has 1 aromatic heterocycles. The van der Waals surface area contributed by atoms with Gasteiger partial charge in [0.05, 0.1) is 19.6 Å². The van der Waals surface area contributed by atoms with Gasteiger partial charge in [-0.05, 0) is 6.42 Å². The number of nitrogens with zero attached hydrogens (tertiary/aromatic N) is 2. The van der Waals surface area contributed by atoms with Gasteiger partial charge in [0, 0.05) is 37.4 Å². The number of hydrogen-bond acceptors (Lipinski definition) is 4. The van der Waals surface area contributed by atoms with Gasteiger partial charge >= 0.3 is 5.97 Å². The van der Waals surface area contributed by atoms with Crippen molar-refractivity contribution in [3.8, 4) is 0 Å². The highest BCUT2D eigenvalue weighted by Crippen LogP contribution is 2.14. The molecule has 0 radical (unpaired) electrons. The monoisotopic (exact) mass is 281 g/mol. The number of imidazole rings is 1. The van der Waals surface area contributed by atoms with Crippen LogP contribution in [-0.2, 0) is 22.5 Å². The third-order valence-corrected chi connectivity index (χ3v) is 3.58. The molecule has 0 spiro atoms. The van der Waals surface area contributed by atoms with E-state index in [2.05, 4.69) is 21.8 Å². The van der Waals surface area contributed by atoms with Crippen molar-refractivity contribution in [2.24, 2.45) is 0 Å². The number of ether oxygens (including phenoxy) is 1. The minimum Gasteiger partial charge on any atom is -0.481 e. The van der Waals surface area contributed by atoms with Crippen molar-refractivity contribution < 1.29 is 14.6 Å². The molecule has 0 aliphatic carbocycles. The lowest BCUT2D eigenvalue weighted by molar-refractivity contribution is -0.140. The molecule has 1 aromatic rings. The number of hydrogen-bond donors (Lipinski definition) is 2. The summed E-state index contributed by atoms with van der Waals surface area (Å²) in [4.78, 5) is 20.8. The Morgan fingerprint density at radius 1 is 1.65 bits per heavy atom. The molecule has 0 unspecified atom stereocenters. The van der Waals surface area contributed by atoms with Gasteiger partial charge in [-0.2, -0.15) is 0 Å². The van der Waals surface area contributed by atoms with Crippen LogP contribution >= 0.6 is 0 Å². The Balaban J connectivity index is 1.92. The topological polar surface area (TPSA) is 78.5 Å². The van der Waals surface area contributed by atoms with E-state index in [-0.39, 0.29) is 12.5 Å². The van der Waals surface area contributed by atoms with E-state index in [1.165, 1.54) is 0 Å². The zero-order valence-electron chi connectivity index (χ0n) is 12.0. The van der Waals surface area contributed by atoms with Crippen molar-refractivity contribution in [2.75, 3.05) is 19.8 Å². The summed E-state index contributed by atoms with van der Waals surface area (Å²) in [6.45, 7) is 4.78. The Bertz CT molecular complexity index is 433. The normalized spacial score (nSPS) is 20.1. The molecule has 0 bridgehead atoms. The number of H-pyrrole nitrogens is 1. The second-order valence-electron chi connectivity index (χ2n) is 5.26. The maximum Gasteiger partial charge on any atom is 0.305 e. The number of aromatic amines is 1. The van der Waals surface area contributed by atoms with Crippen LogP contribution in [0.1, 0.15) is 37.7 Å². The molecule has 0 aromatic carbocycles. The first-order valence-corrected chi connectivity index (χ1v) is 7.25. The van der Waals surface area contributed by atoms with E-state index in [9.17, 15) is 4.79 Å². The molecule has 2 heterocycles. The summed E-state index contributed by atoms with van der Waals surface area (Å²) < 4.78 is 5.38. The van der Waals surface area contributed by atoms with Crippen molar-refractivity contribution >= 4 is 5.97 Å². The second kappa shape index (κ2) is 7.40. The van der Waals surface area contributed by atoms with Crippen LogP contribution in [0, 0.1) is 0 Å². The van der Waals surface area contributed by atoms with Gasteiger partial charge in [0.15, 0.2) is 0 Å². The van der Waals surface area contributed by atoms with E-state index in [0.717, 1.165) is 37.3 Å². The lowest BCUT2D eigenvalue weighted by atomic mass is 10.1. The van der Waals surface area contributed by atoms with Gasteiger partial charge in [0.2, 0.25) is 0 Å². The number of carbonyl (C=O) groups is 1. The van der Waals surface area contributed by atoms with Gasteiger partial charge in [-0.1, -0.05) is 13.3 Å². The van der Waals surface area contributed by atoms with E-state index in [1.54, 1.807) is 0 Å². The van der Waals surface area contributed by atoms with Crippen LogP contribution in [0.5, 0.6) is 0 Å². The lowest BCUT2D eigenvalue weighted by Crippen LogP contribution is -2.45. The van der Waals surface area contributed by atoms with Crippen LogP contribution < -0.4 is 0 Å². The predicted molar refractivity (Wildman–Crippen MR) is 74.5 cm³/mol. The van der Waals surface area contributed by atoms with Gasteiger partial charge in [0.25, 0.3) is 0 Å². The molecule has 112 valence electrons. The molecule has 6 heteroatoms. The summed E-state index contributed by atoms with van der Waals surface area (Å²) in [5.74, 6) is 0.239. The third kappa shape index (κ3) is 4.31.